The maximum atomic E-state index is 5.39. The van der Waals surface area contributed by atoms with Gasteiger partial charge in [-0.1, -0.05) is 43.4 Å². The molecule has 0 aliphatic rings. The van der Waals surface area contributed by atoms with E-state index in [2.05, 4.69) is 42.4 Å². The Morgan fingerprint density at radius 3 is 2.65 bits per heavy atom. The first-order valence-corrected chi connectivity index (χ1v) is 7.63. The summed E-state index contributed by atoms with van der Waals surface area (Å²) in [5.74, 6) is 1.49. The summed E-state index contributed by atoms with van der Waals surface area (Å²) in [6.07, 6.45) is 0.975. The second-order valence-corrected chi connectivity index (χ2v) is 6.27. The van der Waals surface area contributed by atoms with Gasteiger partial charge in [0.2, 0.25) is 5.13 Å². The van der Waals surface area contributed by atoms with Crippen LogP contribution in [0, 0.1) is 5.92 Å². The Hall–Kier alpha value is -1.62. The normalized spacial score (nSPS) is 12.4. The van der Waals surface area contributed by atoms with Gasteiger partial charge in [-0.15, -0.1) is 10.2 Å². The molecule has 1 unspecified atom stereocenters. The number of nitrogens with zero attached hydrogens (tertiary/aromatic N) is 2. The van der Waals surface area contributed by atoms with E-state index in [4.69, 9.17) is 4.74 Å². The number of hydrogen-bond acceptors (Lipinski definition) is 5. The van der Waals surface area contributed by atoms with E-state index in [1.165, 1.54) is 0 Å². The number of methoxy groups -OCH3 is 1. The van der Waals surface area contributed by atoms with Crippen LogP contribution in [0.4, 0.5) is 5.13 Å². The molecule has 0 spiro atoms. The second kappa shape index (κ2) is 6.70. The van der Waals surface area contributed by atoms with Gasteiger partial charge in [0, 0.05) is 12.0 Å². The van der Waals surface area contributed by atoms with Crippen molar-refractivity contribution in [3.63, 3.8) is 0 Å². The fourth-order valence-corrected chi connectivity index (χ4v) is 3.07. The summed E-state index contributed by atoms with van der Waals surface area (Å²) in [6.45, 7) is 6.47. The lowest BCUT2D eigenvalue weighted by atomic mass is 10.1. The fraction of sp³-hybridized carbons (Fsp3) is 0.467. The summed E-state index contributed by atoms with van der Waals surface area (Å²) in [6, 6.07) is 8.15. The number of anilines is 1. The Kier molecular flexibility index (Phi) is 4.95. The van der Waals surface area contributed by atoms with Gasteiger partial charge < -0.3 is 10.1 Å². The van der Waals surface area contributed by atoms with Crippen molar-refractivity contribution in [3.8, 4) is 5.75 Å². The van der Waals surface area contributed by atoms with Crippen LogP contribution in [-0.2, 0) is 6.42 Å². The van der Waals surface area contributed by atoms with Gasteiger partial charge in [-0.25, -0.2) is 0 Å². The van der Waals surface area contributed by atoms with Gasteiger partial charge in [-0.05, 0) is 18.9 Å². The molecule has 0 saturated carbocycles. The van der Waals surface area contributed by atoms with Crippen molar-refractivity contribution in [3.05, 3.63) is 34.8 Å². The lowest BCUT2D eigenvalue weighted by Crippen LogP contribution is -2.07. The summed E-state index contributed by atoms with van der Waals surface area (Å²) < 4.78 is 5.39. The van der Waals surface area contributed by atoms with Crippen molar-refractivity contribution in [1.29, 1.82) is 0 Å². The minimum atomic E-state index is 0.131. The number of hydrogen-bond donors (Lipinski definition) is 1. The average molecular weight is 291 g/mol. The molecule has 0 amide bonds. The number of rotatable bonds is 6. The van der Waals surface area contributed by atoms with Crippen molar-refractivity contribution in [2.45, 2.75) is 33.2 Å². The maximum absolute atomic E-state index is 5.39. The van der Waals surface area contributed by atoms with Gasteiger partial charge in [-0.2, -0.15) is 0 Å². The highest BCUT2D eigenvalue weighted by atomic mass is 32.1. The lowest BCUT2D eigenvalue weighted by Gasteiger charge is -2.16. The van der Waals surface area contributed by atoms with E-state index in [0.717, 1.165) is 27.9 Å². The van der Waals surface area contributed by atoms with Crippen molar-refractivity contribution < 1.29 is 4.74 Å². The molecule has 0 radical (unpaired) electrons. The van der Waals surface area contributed by atoms with E-state index in [1.54, 1.807) is 18.4 Å². The SMILES string of the molecule is COc1ccccc1C(C)Nc1nnc(CC(C)C)s1. The summed E-state index contributed by atoms with van der Waals surface area (Å²) in [5, 5.41) is 13.8. The molecule has 0 aliphatic heterocycles. The molecule has 0 bridgehead atoms. The zero-order valence-electron chi connectivity index (χ0n) is 12.4. The maximum Gasteiger partial charge on any atom is 0.206 e. The van der Waals surface area contributed by atoms with Gasteiger partial charge in [0.05, 0.1) is 13.2 Å². The Morgan fingerprint density at radius 1 is 1.20 bits per heavy atom. The molecular formula is C15H21N3OS. The third-order valence-electron chi connectivity index (χ3n) is 3.00. The molecule has 1 atom stereocenters. The number of nitrogens with one attached hydrogen (secondary N) is 1. The molecule has 20 heavy (non-hydrogen) atoms. The van der Waals surface area contributed by atoms with Crippen molar-refractivity contribution >= 4 is 16.5 Å². The van der Waals surface area contributed by atoms with Crippen molar-refractivity contribution in [2.75, 3.05) is 12.4 Å². The fourth-order valence-electron chi connectivity index (χ4n) is 2.03. The average Bonchev–Trinajstić information content (AvgIpc) is 2.85. The van der Waals surface area contributed by atoms with Gasteiger partial charge in [0.15, 0.2) is 0 Å². The topological polar surface area (TPSA) is 47.0 Å². The number of benzene rings is 1. The highest BCUT2D eigenvalue weighted by Gasteiger charge is 2.13. The first-order chi connectivity index (χ1) is 9.60. The molecule has 4 nitrogen and oxygen atoms in total. The first-order valence-electron chi connectivity index (χ1n) is 6.82. The standard InChI is InChI=1S/C15H21N3OS/c1-10(2)9-14-17-18-15(20-14)16-11(3)12-7-5-6-8-13(12)19-4/h5-8,10-11H,9H2,1-4H3,(H,16,18). The Balaban J connectivity index is 2.07. The zero-order valence-corrected chi connectivity index (χ0v) is 13.2. The van der Waals surface area contributed by atoms with E-state index < -0.39 is 0 Å². The molecule has 1 aromatic carbocycles. The smallest absolute Gasteiger partial charge is 0.206 e. The molecular weight excluding hydrogens is 270 g/mol. The molecule has 1 heterocycles. The Morgan fingerprint density at radius 2 is 1.95 bits per heavy atom. The van der Waals surface area contributed by atoms with E-state index in [1.807, 2.05) is 18.2 Å². The van der Waals surface area contributed by atoms with E-state index in [-0.39, 0.29) is 6.04 Å². The van der Waals surface area contributed by atoms with Crippen LogP contribution in [0.5, 0.6) is 5.75 Å². The van der Waals surface area contributed by atoms with Crippen molar-refractivity contribution in [2.24, 2.45) is 5.92 Å². The van der Waals surface area contributed by atoms with E-state index in [0.29, 0.717) is 5.92 Å². The zero-order chi connectivity index (χ0) is 14.5. The molecule has 0 aliphatic carbocycles. The molecule has 2 aromatic rings. The monoisotopic (exact) mass is 291 g/mol. The van der Waals surface area contributed by atoms with Gasteiger partial charge in [0.1, 0.15) is 10.8 Å². The predicted molar refractivity (Wildman–Crippen MR) is 83.5 cm³/mol. The number of para-hydroxylation sites is 1. The van der Waals surface area contributed by atoms with E-state index >= 15 is 0 Å². The van der Waals surface area contributed by atoms with Crippen molar-refractivity contribution in [1.82, 2.24) is 10.2 Å². The molecule has 5 heteroatoms. The summed E-state index contributed by atoms with van der Waals surface area (Å²) in [7, 11) is 1.69. The quantitative estimate of drug-likeness (QED) is 0.876. The highest BCUT2D eigenvalue weighted by Crippen LogP contribution is 2.28. The molecule has 1 N–H and O–H groups in total. The first kappa shape index (κ1) is 14.8. The van der Waals surface area contributed by atoms with Gasteiger partial charge in [-0.3, -0.25) is 0 Å². The van der Waals surface area contributed by atoms with Gasteiger partial charge in [0.25, 0.3) is 0 Å². The lowest BCUT2D eigenvalue weighted by molar-refractivity contribution is 0.408. The highest BCUT2D eigenvalue weighted by molar-refractivity contribution is 7.15. The van der Waals surface area contributed by atoms with E-state index in [9.17, 15) is 0 Å². The molecule has 2 rings (SSSR count). The van der Waals surface area contributed by atoms with Crippen LogP contribution >= 0.6 is 11.3 Å². The van der Waals surface area contributed by atoms with Crippen LogP contribution in [0.1, 0.15) is 37.4 Å². The minimum Gasteiger partial charge on any atom is -0.496 e. The minimum absolute atomic E-state index is 0.131. The third kappa shape index (κ3) is 3.70. The van der Waals surface area contributed by atoms with Crippen LogP contribution < -0.4 is 10.1 Å². The Bertz CT molecular complexity index is 554. The number of aromatic nitrogens is 2. The number of ether oxygens (including phenoxy) is 1. The van der Waals surface area contributed by atoms with Crippen LogP contribution in [-0.4, -0.2) is 17.3 Å². The summed E-state index contributed by atoms with van der Waals surface area (Å²) >= 11 is 1.62. The van der Waals surface area contributed by atoms with Gasteiger partial charge >= 0.3 is 0 Å². The third-order valence-corrected chi connectivity index (χ3v) is 3.87. The molecule has 1 aromatic heterocycles. The summed E-state index contributed by atoms with van der Waals surface area (Å²) in [4.78, 5) is 0. The van der Waals surface area contributed by atoms with Crippen LogP contribution in [0.25, 0.3) is 0 Å². The molecule has 0 fully saturated rings. The van der Waals surface area contributed by atoms with Crippen LogP contribution in [0.15, 0.2) is 24.3 Å². The predicted octanol–water partition coefficient (Wildman–Crippen LogP) is 3.92. The Labute approximate surface area is 124 Å². The van der Waals surface area contributed by atoms with Crippen LogP contribution in [0.2, 0.25) is 0 Å². The van der Waals surface area contributed by atoms with Crippen LogP contribution in [0.3, 0.4) is 0 Å². The summed E-state index contributed by atoms with van der Waals surface area (Å²) in [5.41, 5.74) is 1.12. The molecule has 0 saturated heterocycles. The molecule has 108 valence electrons. The largest absolute Gasteiger partial charge is 0.496 e. The second-order valence-electron chi connectivity index (χ2n) is 5.21.